The summed E-state index contributed by atoms with van der Waals surface area (Å²) in [6.07, 6.45) is 4.48. The maximum absolute atomic E-state index is 14.1. The van der Waals surface area contributed by atoms with Gasteiger partial charge < -0.3 is 15.4 Å². The third-order valence-corrected chi connectivity index (χ3v) is 4.33. The van der Waals surface area contributed by atoms with Crippen molar-refractivity contribution in [2.75, 3.05) is 5.32 Å². The predicted molar refractivity (Wildman–Crippen MR) is 87.6 cm³/mol. The Morgan fingerprint density at radius 3 is 2.64 bits per heavy atom. The molecule has 1 saturated carbocycles. The van der Waals surface area contributed by atoms with E-state index in [1.165, 1.54) is 18.2 Å². The summed E-state index contributed by atoms with van der Waals surface area (Å²) < 4.78 is 19.7. The Balaban J connectivity index is 1.55. The topological polar surface area (TPSA) is 96.5 Å². The number of benzene rings is 1. The monoisotopic (exact) mass is 349 g/mol. The number of piperidine rings is 1. The first-order valence-corrected chi connectivity index (χ1v) is 8.38. The lowest BCUT2D eigenvalue weighted by Gasteiger charge is -2.22. The molecule has 1 aromatic rings. The van der Waals surface area contributed by atoms with Crippen molar-refractivity contribution in [1.82, 2.24) is 10.6 Å². The van der Waals surface area contributed by atoms with Gasteiger partial charge in [0.15, 0.2) is 11.6 Å². The highest BCUT2D eigenvalue weighted by atomic mass is 19.1. The zero-order valence-electron chi connectivity index (χ0n) is 13.6. The third-order valence-electron chi connectivity index (χ3n) is 4.33. The highest BCUT2D eigenvalue weighted by Crippen LogP contribution is 2.27. The molecule has 0 bridgehead atoms. The summed E-state index contributed by atoms with van der Waals surface area (Å²) in [6.45, 7) is 0. The molecule has 2 fully saturated rings. The fraction of sp³-hybridized carbons (Fsp3) is 0.471. The maximum atomic E-state index is 14.1. The van der Waals surface area contributed by atoms with Gasteiger partial charge in [0.05, 0.1) is 6.10 Å². The normalized spacial score (nSPS) is 20.9. The van der Waals surface area contributed by atoms with Crippen molar-refractivity contribution in [3.8, 4) is 5.75 Å². The molecule has 1 aliphatic heterocycles. The molecule has 7 nitrogen and oxygen atoms in total. The van der Waals surface area contributed by atoms with Gasteiger partial charge in [-0.1, -0.05) is 0 Å². The van der Waals surface area contributed by atoms with Gasteiger partial charge in [0.1, 0.15) is 6.04 Å². The Labute approximate surface area is 144 Å². The second-order valence-corrected chi connectivity index (χ2v) is 6.27. The van der Waals surface area contributed by atoms with E-state index in [0.717, 1.165) is 25.7 Å². The smallest absolute Gasteiger partial charge is 0.319 e. The molecule has 1 aliphatic carbocycles. The number of carbonyl (C=O) groups excluding carboxylic acids is 3. The second-order valence-electron chi connectivity index (χ2n) is 6.27. The number of anilines is 1. The molecule has 1 heterocycles. The van der Waals surface area contributed by atoms with E-state index in [-0.39, 0.29) is 36.3 Å². The van der Waals surface area contributed by atoms with Gasteiger partial charge >= 0.3 is 6.03 Å². The number of rotatable bonds is 4. The van der Waals surface area contributed by atoms with E-state index >= 15 is 0 Å². The van der Waals surface area contributed by atoms with Gasteiger partial charge in [-0.3, -0.25) is 14.9 Å². The van der Waals surface area contributed by atoms with Crippen LogP contribution in [0.4, 0.5) is 14.9 Å². The number of urea groups is 1. The van der Waals surface area contributed by atoms with Crippen molar-refractivity contribution in [2.24, 2.45) is 0 Å². The molecule has 0 aromatic heterocycles. The summed E-state index contributed by atoms with van der Waals surface area (Å²) in [5.41, 5.74) is 0.251. The van der Waals surface area contributed by atoms with Crippen molar-refractivity contribution in [3.05, 3.63) is 24.0 Å². The number of amides is 4. The average molecular weight is 349 g/mol. The molecule has 1 aromatic carbocycles. The summed E-state index contributed by atoms with van der Waals surface area (Å²) in [5, 5.41) is 7.09. The molecule has 1 atom stereocenters. The van der Waals surface area contributed by atoms with Gasteiger partial charge in [0.25, 0.3) is 0 Å². The Morgan fingerprint density at radius 1 is 1.20 bits per heavy atom. The van der Waals surface area contributed by atoms with Crippen LogP contribution in [0.5, 0.6) is 5.75 Å². The molecule has 25 heavy (non-hydrogen) atoms. The van der Waals surface area contributed by atoms with E-state index in [9.17, 15) is 18.8 Å². The Hall–Kier alpha value is -2.64. The summed E-state index contributed by atoms with van der Waals surface area (Å²) in [7, 11) is 0. The van der Waals surface area contributed by atoms with Crippen molar-refractivity contribution in [1.29, 1.82) is 0 Å². The minimum Gasteiger partial charge on any atom is -0.487 e. The third kappa shape index (κ3) is 4.46. The molecule has 8 heteroatoms. The Kier molecular flexibility index (Phi) is 5.16. The molecule has 134 valence electrons. The molecule has 4 amide bonds. The van der Waals surface area contributed by atoms with Crippen molar-refractivity contribution < 1.29 is 23.5 Å². The Bertz CT molecular complexity index is 688. The van der Waals surface area contributed by atoms with Crippen LogP contribution >= 0.6 is 0 Å². The van der Waals surface area contributed by atoms with E-state index in [4.69, 9.17) is 4.74 Å². The number of carbonyl (C=O) groups is 3. The highest BCUT2D eigenvalue weighted by molar-refractivity contribution is 6.02. The van der Waals surface area contributed by atoms with Crippen LogP contribution in [0.2, 0.25) is 0 Å². The molecular formula is C17H20FN3O4. The fourth-order valence-electron chi connectivity index (χ4n) is 3.02. The summed E-state index contributed by atoms with van der Waals surface area (Å²) >= 11 is 0. The van der Waals surface area contributed by atoms with E-state index < -0.39 is 23.8 Å². The highest BCUT2D eigenvalue weighted by Gasteiger charge is 2.27. The SMILES string of the molecule is O=C1CCC(NC(=O)Nc2ccc(OC3CCCC3)c(F)c2)C(=O)N1. The van der Waals surface area contributed by atoms with Crippen LogP contribution in [-0.2, 0) is 9.59 Å². The largest absolute Gasteiger partial charge is 0.487 e. The van der Waals surface area contributed by atoms with E-state index in [2.05, 4.69) is 16.0 Å². The predicted octanol–water partition coefficient (Wildman–Crippen LogP) is 2.07. The quantitative estimate of drug-likeness (QED) is 0.725. The number of halogens is 1. The van der Waals surface area contributed by atoms with E-state index in [1.807, 2.05) is 0 Å². The maximum Gasteiger partial charge on any atom is 0.319 e. The Morgan fingerprint density at radius 2 is 1.96 bits per heavy atom. The van der Waals surface area contributed by atoms with Crippen LogP contribution in [0.15, 0.2) is 18.2 Å². The van der Waals surface area contributed by atoms with E-state index in [0.29, 0.717) is 0 Å². The van der Waals surface area contributed by atoms with Gasteiger partial charge in [0, 0.05) is 18.2 Å². The van der Waals surface area contributed by atoms with Gasteiger partial charge in [-0.05, 0) is 44.2 Å². The molecular weight excluding hydrogens is 329 g/mol. The minimum atomic E-state index is -0.785. The first kappa shape index (κ1) is 17.2. The van der Waals surface area contributed by atoms with Crippen LogP contribution in [-0.4, -0.2) is 30.0 Å². The first-order valence-electron chi connectivity index (χ1n) is 8.38. The number of ether oxygens (including phenoxy) is 1. The van der Waals surface area contributed by atoms with Crippen molar-refractivity contribution in [2.45, 2.75) is 50.7 Å². The molecule has 2 aliphatic rings. The second kappa shape index (κ2) is 7.50. The number of nitrogens with one attached hydrogen (secondary N) is 3. The van der Waals surface area contributed by atoms with Gasteiger partial charge in [0.2, 0.25) is 11.8 Å². The van der Waals surface area contributed by atoms with Gasteiger partial charge in [-0.25, -0.2) is 9.18 Å². The molecule has 0 spiro atoms. The first-order chi connectivity index (χ1) is 12.0. The van der Waals surface area contributed by atoms with Crippen LogP contribution in [0, 0.1) is 5.82 Å². The van der Waals surface area contributed by atoms with E-state index in [1.54, 1.807) is 0 Å². The number of hydrogen-bond donors (Lipinski definition) is 3. The van der Waals surface area contributed by atoms with Crippen LogP contribution in [0.25, 0.3) is 0 Å². The summed E-state index contributed by atoms with van der Waals surface area (Å²) in [5.74, 6) is -1.28. The summed E-state index contributed by atoms with van der Waals surface area (Å²) in [4.78, 5) is 34.6. The average Bonchev–Trinajstić information content (AvgIpc) is 3.06. The lowest BCUT2D eigenvalue weighted by atomic mass is 10.1. The van der Waals surface area contributed by atoms with Crippen molar-refractivity contribution in [3.63, 3.8) is 0 Å². The summed E-state index contributed by atoms with van der Waals surface area (Å²) in [6, 6.07) is 2.77. The fourth-order valence-corrected chi connectivity index (χ4v) is 3.02. The molecule has 1 unspecified atom stereocenters. The molecule has 1 saturated heterocycles. The van der Waals surface area contributed by atoms with Gasteiger partial charge in [-0.2, -0.15) is 0 Å². The molecule has 3 N–H and O–H groups in total. The molecule has 0 radical (unpaired) electrons. The zero-order chi connectivity index (χ0) is 17.8. The van der Waals surface area contributed by atoms with Crippen LogP contribution in [0.1, 0.15) is 38.5 Å². The zero-order valence-corrected chi connectivity index (χ0v) is 13.6. The minimum absolute atomic E-state index is 0.0455. The van der Waals surface area contributed by atoms with Crippen LogP contribution in [0.3, 0.4) is 0 Å². The van der Waals surface area contributed by atoms with Crippen LogP contribution < -0.4 is 20.7 Å². The number of imide groups is 1. The lowest BCUT2D eigenvalue weighted by Crippen LogP contribution is -2.53. The van der Waals surface area contributed by atoms with Crippen molar-refractivity contribution >= 4 is 23.5 Å². The molecule has 3 rings (SSSR count). The lowest BCUT2D eigenvalue weighted by molar-refractivity contribution is -0.134. The standard InChI is InChI=1S/C17H20FN3O4/c18-12-9-10(5-7-14(12)25-11-3-1-2-4-11)19-17(24)20-13-6-8-15(22)21-16(13)23/h5,7,9,11,13H,1-4,6,8H2,(H2,19,20,24)(H,21,22,23). The van der Waals surface area contributed by atoms with Gasteiger partial charge in [-0.15, -0.1) is 0 Å². The number of hydrogen-bond acceptors (Lipinski definition) is 4.